The minimum Gasteiger partial charge on any atom is -0.365 e. The Morgan fingerprint density at radius 3 is 2.48 bits per heavy atom. The van der Waals surface area contributed by atoms with Crippen molar-refractivity contribution in [1.82, 2.24) is 5.32 Å². The molecule has 0 amide bonds. The third-order valence-corrected chi connectivity index (χ3v) is 6.16. The fourth-order valence-corrected chi connectivity index (χ4v) is 4.71. The third kappa shape index (κ3) is 3.25. The van der Waals surface area contributed by atoms with Gasteiger partial charge in [-0.05, 0) is 47.6 Å². The molecule has 0 bridgehead atoms. The molecule has 27 heavy (non-hydrogen) atoms. The first-order valence-electron chi connectivity index (χ1n) is 10.3. The highest BCUT2D eigenvalue weighted by Crippen LogP contribution is 2.27. The van der Waals surface area contributed by atoms with Gasteiger partial charge in [0.05, 0.1) is 6.04 Å². The maximum Gasteiger partial charge on any atom is 0.129 e. The van der Waals surface area contributed by atoms with E-state index in [1.807, 2.05) is 0 Å². The van der Waals surface area contributed by atoms with Crippen molar-refractivity contribution < 1.29 is 0 Å². The molecule has 1 saturated carbocycles. The molecule has 2 heteroatoms. The minimum atomic E-state index is 0.486. The highest BCUT2D eigenvalue weighted by molar-refractivity contribution is 6.01. The molecule has 1 heterocycles. The van der Waals surface area contributed by atoms with Gasteiger partial charge in [-0.2, -0.15) is 0 Å². The molecular formula is C25H26N2. The van der Waals surface area contributed by atoms with E-state index in [1.54, 1.807) is 0 Å². The lowest BCUT2D eigenvalue weighted by molar-refractivity contribution is 0.385. The first-order valence-corrected chi connectivity index (χ1v) is 10.3. The Bertz CT molecular complexity index is 983. The molecule has 2 unspecified atom stereocenters. The highest BCUT2D eigenvalue weighted by atomic mass is 15.1. The fraction of sp³-hybridized carbons (Fsp3) is 0.320. The number of aliphatic imine (C=N–C) groups is 1. The molecule has 136 valence electrons. The number of aryl methyl sites for hydroxylation is 2. The summed E-state index contributed by atoms with van der Waals surface area (Å²) in [6, 6.07) is 25.2. The molecule has 0 saturated heterocycles. The van der Waals surface area contributed by atoms with Crippen molar-refractivity contribution in [2.24, 2.45) is 4.99 Å². The van der Waals surface area contributed by atoms with Crippen molar-refractivity contribution in [3.63, 3.8) is 0 Å². The number of benzene rings is 3. The summed E-state index contributed by atoms with van der Waals surface area (Å²) in [7, 11) is 0. The van der Waals surface area contributed by atoms with Gasteiger partial charge in [-0.1, -0.05) is 79.6 Å². The predicted octanol–water partition coefficient (Wildman–Crippen LogP) is 5.29. The molecule has 3 aromatic rings. The zero-order chi connectivity index (χ0) is 18.1. The van der Waals surface area contributed by atoms with Crippen LogP contribution >= 0.6 is 0 Å². The molecule has 0 aromatic heterocycles. The molecule has 1 fully saturated rings. The number of fused-ring (bicyclic) bond motifs is 2. The number of amidine groups is 1. The topological polar surface area (TPSA) is 24.4 Å². The maximum atomic E-state index is 5.05. The monoisotopic (exact) mass is 354 g/mol. The predicted molar refractivity (Wildman–Crippen MR) is 114 cm³/mol. The molecule has 3 aromatic carbocycles. The van der Waals surface area contributed by atoms with E-state index in [2.05, 4.69) is 72.0 Å². The number of nitrogens with zero attached hydrogens (tertiary/aromatic N) is 1. The van der Waals surface area contributed by atoms with E-state index < -0.39 is 0 Å². The molecule has 2 aliphatic rings. The van der Waals surface area contributed by atoms with Crippen LogP contribution in [0.15, 0.2) is 71.7 Å². The van der Waals surface area contributed by atoms with Crippen LogP contribution in [0.25, 0.3) is 10.8 Å². The second kappa shape index (κ2) is 7.19. The van der Waals surface area contributed by atoms with Crippen LogP contribution in [-0.4, -0.2) is 17.9 Å². The smallest absolute Gasteiger partial charge is 0.129 e. The molecule has 5 rings (SSSR count). The highest BCUT2D eigenvalue weighted by Gasteiger charge is 2.31. The van der Waals surface area contributed by atoms with Crippen LogP contribution in [0.1, 0.15) is 42.4 Å². The van der Waals surface area contributed by atoms with E-state index in [4.69, 9.17) is 4.99 Å². The van der Waals surface area contributed by atoms with E-state index in [9.17, 15) is 0 Å². The van der Waals surface area contributed by atoms with E-state index in [0.717, 1.165) is 18.7 Å². The molecule has 1 N–H and O–H groups in total. The van der Waals surface area contributed by atoms with E-state index in [0.29, 0.717) is 12.1 Å². The lowest BCUT2D eigenvalue weighted by atomic mass is 9.92. The normalized spacial score (nSPS) is 21.6. The second-order valence-corrected chi connectivity index (χ2v) is 7.88. The maximum absolute atomic E-state index is 5.05. The van der Waals surface area contributed by atoms with Crippen molar-refractivity contribution >= 4 is 16.6 Å². The van der Waals surface area contributed by atoms with E-state index in [-0.39, 0.29) is 0 Å². The SMILES string of the molecule is c1ccc(C2=NC3CCCCC3N2)c(CCc2cccc3ccccc23)c1. The third-order valence-electron chi connectivity index (χ3n) is 6.16. The van der Waals surface area contributed by atoms with Gasteiger partial charge in [-0.3, -0.25) is 4.99 Å². The summed E-state index contributed by atoms with van der Waals surface area (Å²) in [5, 5.41) is 6.43. The molecule has 2 atom stereocenters. The first kappa shape index (κ1) is 16.6. The number of hydrogen-bond acceptors (Lipinski definition) is 2. The zero-order valence-electron chi connectivity index (χ0n) is 15.7. The first-order chi connectivity index (χ1) is 13.4. The minimum absolute atomic E-state index is 0.486. The van der Waals surface area contributed by atoms with Crippen molar-refractivity contribution in [2.45, 2.75) is 50.6 Å². The van der Waals surface area contributed by atoms with Gasteiger partial charge < -0.3 is 5.32 Å². The van der Waals surface area contributed by atoms with Gasteiger partial charge in [0.1, 0.15) is 5.84 Å². The number of rotatable bonds is 4. The summed E-state index contributed by atoms with van der Waals surface area (Å²) in [5.41, 5.74) is 4.13. The zero-order valence-corrected chi connectivity index (χ0v) is 15.7. The summed E-state index contributed by atoms with van der Waals surface area (Å²) < 4.78 is 0. The number of hydrogen-bond donors (Lipinski definition) is 1. The standard InChI is InChI=1S/C25H26N2/c1-3-12-21-18(8-1)10-7-11-19(21)16-17-20-9-2-4-13-22(20)25-26-23-14-5-6-15-24(23)27-25/h1-4,7-13,23-24H,5-6,14-17H2,(H,26,27). The van der Waals surface area contributed by atoms with E-state index in [1.165, 1.54) is 53.1 Å². The summed E-state index contributed by atoms with van der Waals surface area (Å²) in [5.74, 6) is 1.13. The largest absolute Gasteiger partial charge is 0.365 e. The van der Waals surface area contributed by atoms with Crippen molar-refractivity contribution in [1.29, 1.82) is 0 Å². The van der Waals surface area contributed by atoms with Gasteiger partial charge in [0, 0.05) is 11.6 Å². The van der Waals surface area contributed by atoms with Gasteiger partial charge in [0.25, 0.3) is 0 Å². The summed E-state index contributed by atoms with van der Waals surface area (Å²) in [6.07, 6.45) is 7.25. The van der Waals surface area contributed by atoms with Crippen LogP contribution in [0.5, 0.6) is 0 Å². The lowest BCUT2D eigenvalue weighted by Gasteiger charge is -2.23. The number of nitrogens with one attached hydrogen (secondary N) is 1. The second-order valence-electron chi connectivity index (χ2n) is 7.88. The Balaban J connectivity index is 1.40. The molecule has 1 aliphatic heterocycles. The van der Waals surface area contributed by atoms with Gasteiger partial charge in [-0.15, -0.1) is 0 Å². The molecular weight excluding hydrogens is 328 g/mol. The molecule has 1 aliphatic carbocycles. The quantitative estimate of drug-likeness (QED) is 0.677. The van der Waals surface area contributed by atoms with Crippen molar-refractivity contribution in [2.75, 3.05) is 0 Å². The van der Waals surface area contributed by atoms with Crippen molar-refractivity contribution in [3.8, 4) is 0 Å². The van der Waals surface area contributed by atoms with E-state index >= 15 is 0 Å². The molecule has 0 spiro atoms. The average molecular weight is 354 g/mol. The van der Waals surface area contributed by atoms with Gasteiger partial charge in [0.15, 0.2) is 0 Å². The Kier molecular flexibility index (Phi) is 4.41. The van der Waals surface area contributed by atoms with Gasteiger partial charge >= 0.3 is 0 Å². The van der Waals surface area contributed by atoms with Crippen LogP contribution in [-0.2, 0) is 12.8 Å². The van der Waals surface area contributed by atoms with Crippen LogP contribution in [0.4, 0.5) is 0 Å². The van der Waals surface area contributed by atoms with Crippen molar-refractivity contribution in [3.05, 3.63) is 83.4 Å². The Hall–Kier alpha value is -2.61. The van der Waals surface area contributed by atoms with Crippen LogP contribution in [0.2, 0.25) is 0 Å². The summed E-state index contributed by atoms with van der Waals surface area (Å²) >= 11 is 0. The van der Waals surface area contributed by atoms with Crippen LogP contribution in [0, 0.1) is 0 Å². The Labute approximate surface area is 161 Å². The lowest BCUT2D eigenvalue weighted by Crippen LogP contribution is -2.37. The summed E-state index contributed by atoms with van der Waals surface area (Å²) in [6.45, 7) is 0. The average Bonchev–Trinajstić information content (AvgIpc) is 3.16. The van der Waals surface area contributed by atoms with Crippen LogP contribution < -0.4 is 5.32 Å². The van der Waals surface area contributed by atoms with Crippen LogP contribution in [0.3, 0.4) is 0 Å². The summed E-state index contributed by atoms with van der Waals surface area (Å²) in [4.78, 5) is 5.05. The van der Waals surface area contributed by atoms with Gasteiger partial charge in [0.2, 0.25) is 0 Å². The fourth-order valence-electron chi connectivity index (χ4n) is 4.71. The molecule has 2 nitrogen and oxygen atoms in total. The Morgan fingerprint density at radius 2 is 1.52 bits per heavy atom. The molecule has 0 radical (unpaired) electrons. The van der Waals surface area contributed by atoms with Gasteiger partial charge in [-0.25, -0.2) is 0 Å². The Morgan fingerprint density at radius 1 is 0.778 bits per heavy atom.